The highest BCUT2D eigenvalue weighted by Crippen LogP contribution is 2.36. The molecular formula is C17H22N2O2S. The summed E-state index contributed by atoms with van der Waals surface area (Å²) in [7, 11) is 0. The van der Waals surface area contributed by atoms with Gasteiger partial charge in [-0.15, -0.1) is 11.3 Å². The third-order valence-electron chi connectivity index (χ3n) is 3.15. The summed E-state index contributed by atoms with van der Waals surface area (Å²) in [6.07, 6.45) is 0.352. The predicted molar refractivity (Wildman–Crippen MR) is 91.4 cm³/mol. The van der Waals surface area contributed by atoms with Gasteiger partial charge in [-0.3, -0.25) is 4.79 Å². The quantitative estimate of drug-likeness (QED) is 0.774. The summed E-state index contributed by atoms with van der Waals surface area (Å²) in [6.45, 7) is 7.26. The monoisotopic (exact) mass is 318 g/mol. The SMILES string of the molecule is CCOCCC(=O)Nc1nc(-c2ccccc2)c(C(C)C)s1. The van der Waals surface area contributed by atoms with Crippen LogP contribution in [-0.4, -0.2) is 24.1 Å². The molecule has 1 heterocycles. The van der Waals surface area contributed by atoms with Gasteiger partial charge in [-0.25, -0.2) is 4.98 Å². The van der Waals surface area contributed by atoms with Gasteiger partial charge in [-0.2, -0.15) is 0 Å². The number of nitrogens with one attached hydrogen (secondary N) is 1. The number of hydrogen-bond donors (Lipinski definition) is 1. The first kappa shape index (κ1) is 16.6. The summed E-state index contributed by atoms with van der Waals surface area (Å²) in [4.78, 5) is 17.7. The van der Waals surface area contributed by atoms with Crippen LogP contribution in [0.5, 0.6) is 0 Å². The molecule has 0 aliphatic rings. The second-order valence-electron chi connectivity index (χ2n) is 5.25. The van der Waals surface area contributed by atoms with Crippen molar-refractivity contribution in [1.82, 2.24) is 4.98 Å². The van der Waals surface area contributed by atoms with Gasteiger partial charge in [-0.05, 0) is 12.8 Å². The second-order valence-corrected chi connectivity index (χ2v) is 6.28. The van der Waals surface area contributed by atoms with Crippen LogP contribution < -0.4 is 5.32 Å². The molecule has 0 atom stereocenters. The molecule has 0 radical (unpaired) electrons. The van der Waals surface area contributed by atoms with Crippen molar-refractivity contribution in [2.45, 2.75) is 33.1 Å². The van der Waals surface area contributed by atoms with Crippen LogP contribution in [0.1, 0.15) is 38.0 Å². The van der Waals surface area contributed by atoms with Crippen LogP contribution in [0.4, 0.5) is 5.13 Å². The van der Waals surface area contributed by atoms with Crippen molar-refractivity contribution in [3.8, 4) is 11.3 Å². The normalized spacial score (nSPS) is 10.9. The molecule has 0 aliphatic heterocycles. The lowest BCUT2D eigenvalue weighted by Gasteiger charge is -2.04. The van der Waals surface area contributed by atoms with Gasteiger partial charge in [0.25, 0.3) is 0 Å². The van der Waals surface area contributed by atoms with Gasteiger partial charge < -0.3 is 10.1 Å². The molecule has 1 aromatic carbocycles. The maximum Gasteiger partial charge on any atom is 0.228 e. The fourth-order valence-electron chi connectivity index (χ4n) is 2.07. The molecule has 2 aromatic rings. The van der Waals surface area contributed by atoms with E-state index < -0.39 is 0 Å². The largest absolute Gasteiger partial charge is 0.381 e. The minimum absolute atomic E-state index is 0.0582. The topological polar surface area (TPSA) is 51.2 Å². The lowest BCUT2D eigenvalue weighted by molar-refractivity contribution is -0.117. The minimum Gasteiger partial charge on any atom is -0.381 e. The van der Waals surface area contributed by atoms with Gasteiger partial charge >= 0.3 is 0 Å². The molecule has 1 N–H and O–H groups in total. The minimum atomic E-state index is -0.0582. The lowest BCUT2D eigenvalue weighted by Crippen LogP contribution is -2.13. The number of thiazole rings is 1. The molecule has 118 valence electrons. The zero-order valence-electron chi connectivity index (χ0n) is 13.3. The van der Waals surface area contributed by atoms with Gasteiger partial charge in [0.2, 0.25) is 5.91 Å². The Morgan fingerprint density at radius 2 is 2.05 bits per heavy atom. The number of aromatic nitrogens is 1. The van der Waals surface area contributed by atoms with Crippen molar-refractivity contribution in [2.24, 2.45) is 0 Å². The van der Waals surface area contributed by atoms with Crippen LogP contribution in [0.15, 0.2) is 30.3 Å². The third kappa shape index (κ3) is 4.39. The van der Waals surface area contributed by atoms with Crippen molar-refractivity contribution < 1.29 is 9.53 Å². The fraction of sp³-hybridized carbons (Fsp3) is 0.412. The van der Waals surface area contributed by atoms with Crippen LogP contribution >= 0.6 is 11.3 Å². The number of benzene rings is 1. The summed E-state index contributed by atoms with van der Waals surface area (Å²) < 4.78 is 5.20. The van der Waals surface area contributed by atoms with Gasteiger partial charge in [0, 0.05) is 17.0 Å². The molecular weight excluding hydrogens is 296 g/mol. The average Bonchev–Trinajstić information content (AvgIpc) is 2.92. The molecule has 0 spiro atoms. The van der Waals surface area contributed by atoms with Crippen molar-refractivity contribution in [2.75, 3.05) is 18.5 Å². The van der Waals surface area contributed by atoms with E-state index in [1.807, 2.05) is 37.3 Å². The summed E-state index contributed by atoms with van der Waals surface area (Å²) >= 11 is 1.55. The number of nitrogens with zero attached hydrogens (tertiary/aromatic N) is 1. The van der Waals surface area contributed by atoms with Crippen molar-refractivity contribution in [1.29, 1.82) is 0 Å². The van der Waals surface area contributed by atoms with Crippen molar-refractivity contribution >= 4 is 22.4 Å². The zero-order valence-corrected chi connectivity index (χ0v) is 14.1. The Hall–Kier alpha value is -1.72. The van der Waals surface area contributed by atoms with E-state index in [1.54, 1.807) is 11.3 Å². The molecule has 0 fully saturated rings. The lowest BCUT2D eigenvalue weighted by atomic mass is 10.1. The van der Waals surface area contributed by atoms with Gasteiger partial charge in [0.15, 0.2) is 5.13 Å². The van der Waals surface area contributed by atoms with Crippen LogP contribution in [0.2, 0.25) is 0 Å². The van der Waals surface area contributed by atoms with Crippen LogP contribution in [0.3, 0.4) is 0 Å². The summed E-state index contributed by atoms with van der Waals surface area (Å²) in [6, 6.07) is 10.1. The molecule has 1 aromatic heterocycles. The molecule has 4 nitrogen and oxygen atoms in total. The molecule has 22 heavy (non-hydrogen) atoms. The molecule has 0 saturated heterocycles. The first-order valence-electron chi connectivity index (χ1n) is 7.55. The molecule has 0 saturated carbocycles. The molecule has 1 amide bonds. The van der Waals surface area contributed by atoms with Crippen molar-refractivity contribution in [3.05, 3.63) is 35.2 Å². The molecule has 0 bridgehead atoms. The molecule has 0 aliphatic carbocycles. The average molecular weight is 318 g/mol. The van der Waals surface area contributed by atoms with E-state index in [9.17, 15) is 4.79 Å². The van der Waals surface area contributed by atoms with Gasteiger partial charge in [-0.1, -0.05) is 44.2 Å². The summed E-state index contributed by atoms with van der Waals surface area (Å²) in [5, 5.41) is 3.53. The number of amides is 1. The predicted octanol–water partition coefficient (Wildman–Crippen LogP) is 4.30. The van der Waals surface area contributed by atoms with Crippen LogP contribution in [0.25, 0.3) is 11.3 Å². The van der Waals surface area contributed by atoms with E-state index in [0.29, 0.717) is 30.7 Å². The van der Waals surface area contributed by atoms with E-state index in [-0.39, 0.29) is 5.91 Å². The highest BCUT2D eigenvalue weighted by Gasteiger charge is 2.16. The van der Waals surface area contributed by atoms with Crippen molar-refractivity contribution in [3.63, 3.8) is 0 Å². The number of ether oxygens (including phenoxy) is 1. The highest BCUT2D eigenvalue weighted by molar-refractivity contribution is 7.16. The van der Waals surface area contributed by atoms with E-state index in [2.05, 4.69) is 24.1 Å². The Bertz CT molecular complexity index is 608. The van der Waals surface area contributed by atoms with E-state index >= 15 is 0 Å². The Labute approximate surface area is 135 Å². The smallest absolute Gasteiger partial charge is 0.228 e. The highest BCUT2D eigenvalue weighted by atomic mass is 32.1. The molecule has 0 unspecified atom stereocenters. The standard InChI is InChI=1S/C17H22N2O2S/c1-4-21-11-10-14(20)18-17-19-15(16(22-17)12(2)3)13-8-6-5-7-9-13/h5-9,12H,4,10-11H2,1-3H3,(H,18,19,20). The Kier molecular flexibility index (Phi) is 6.10. The van der Waals surface area contributed by atoms with Gasteiger partial charge in [0.05, 0.1) is 18.7 Å². The van der Waals surface area contributed by atoms with Gasteiger partial charge in [0.1, 0.15) is 0 Å². The molecule has 5 heteroatoms. The second kappa shape index (κ2) is 8.06. The van der Waals surface area contributed by atoms with Crippen LogP contribution in [-0.2, 0) is 9.53 Å². The summed E-state index contributed by atoms with van der Waals surface area (Å²) in [5.41, 5.74) is 2.04. The van der Waals surface area contributed by atoms with E-state index in [0.717, 1.165) is 11.3 Å². The number of hydrogen-bond acceptors (Lipinski definition) is 4. The number of anilines is 1. The van der Waals surface area contributed by atoms with Crippen LogP contribution in [0, 0.1) is 0 Å². The van der Waals surface area contributed by atoms with E-state index in [1.165, 1.54) is 4.88 Å². The summed E-state index contributed by atoms with van der Waals surface area (Å²) in [5.74, 6) is 0.305. The Morgan fingerprint density at radius 1 is 1.32 bits per heavy atom. The Morgan fingerprint density at radius 3 is 2.68 bits per heavy atom. The first-order chi connectivity index (χ1) is 10.6. The number of rotatable bonds is 7. The maximum absolute atomic E-state index is 11.9. The Balaban J connectivity index is 2.15. The molecule has 2 rings (SSSR count). The number of carbonyl (C=O) groups is 1. The van der Waals surface area contributed by atoms with E-state index in [4.69, 9.17) is 4.74 Å². The number of carbonyl (C=O) groups excluding carboxylic acids is 1. The first-order valence-corrected chi connectivity index (χ1v) is 8.37. The third-order valence-corrected chi connectivity index (χ3v) is 4.42. The maximum atomic E-state index is 11.9. The zero-order chi connectivity index (χ0) is 15.9. The fourth-order valence-corrected chi connectivity index (χ4v) is 3.08.